The van der Waals surface area contributed by atoms with Crippen LogP contribution in [0.15, 0.2) is 47.4 Å². The molecule has 5 nitrogen and oxygen atoms in total. The van der Waals surface area contributed by atoms with Crippen molar-refractivity contribution in [3.05, 3.63) is 63.6 Å². The highest BCUT2D eigenvalue weighted by Gasteiger charge is 2.28. The summed E-state index contributed by atoms with van der Waals surface area (Å²) in [6, 6.07) is 11.3. The molecule has 8 heteroatoms. The zero-order chi connectivity index (χ0) is 18.6. The second-order valence-corrected chi connectivity index (χ2v) is 8.21. The molecule has 0 aliphatic rings. The van der Waals surface area contributed by atoms with Crippen molar-refractivity contribution in [3.63, 3.8) is 0 Å². The van der Waals surface area contributed by atoms with Gasteiger partial charge in [-0.2, -0.15) is 4.31 Å². The number of carbonyl (C=O) groups is 1. The lowest BCUT2D eigenvalue weighted by atomic mass is 10.2. The summed E-state index contributed by atoms with van der Waals surface area (Å²) in [5.74, 6) is -0.432. The first-order valence-corrected chi connectivity index (χ1v) is 9.65. The summed E-state index contributed by atoms with van der Waals surface area (Å²) >= 11 is 12.3. The number of amides is 1. The van der Waals surface area contributed by atoms with Crippen LogP contribution in [-0.2, 0) is 21.4 Å². The zero-order valence-corrected chi connectivity index (χ0v) is 16.1. The Balaban J connectivity index is 2.45. The zero-order valence-electron chi connectivity index (χ0n) is 13.8. The first kappa shape index (κ1) is 19.7. The van der Waals surface area contributed by atoms with E-state index in [1.54, 1.807) is 30.3 Å². The van der Waals surface area contributed by atoms with Crippen molar-refractivity contribution >= 4 is 39.1 Å². The quantitative estimate of drug-likeness (QED) is 0.808. The first-order chi connectivity index (χ1) is 11.8. The molecule has 0 saturated carbocycles. The molecule has 0 radical (unpaired) electrons. The Labute approximate surface area is 157 Å². The summed E-state index contributed by atoms with van der Waals surface area (Å²) in [5.41, 5.74) is 1.39. The van der Waals surface area contributed by atoms with E-state index in [1.165, 1.54) is 19.2 Å². The Morgan fingerprint density at radius 1 is 1.08 bits per heavy atom. The first-order valence-electron chi connectivity index (χ1n) is 7.46. The van der Waals surface area contributed by atoms with Gasteiger partial charge in [-0.25, -0.2) is 8.42 Å². The van der Waals surface area contributed by atoms with Gasteiger partial charge in [0, 0.05) is 29.2 Å². The third-order valence-electron chi connectivity index (χ3n) is 3.65. The molecule has 2 rings (SSSR count). The van der Waals surface area contributed by atoms with Gasteiger partial charge in [-0.05, 0) is 31.2 Å². The standard InChI is InChI=1S/C17H18Cl2N2O3S/c1-12-6-8-13(9-7-12)25(23,24)21(11-17(22)20-2)10-14-15(18)4-3-5-16(14)19/h3-9H,10-11H2,1-2H3,(H,20,22). The predicted molar refractivity (Wildman–Crippen MR) is 99.3 cm³/mol. The van der Waals surface area contributed by atoms with Crippen molar-refractivity contribution in [1.82, 2.24) is 9.62 Å². The number of likely N-dealkylation sites (N-methyl/N-ethyl adjacent to an activating group) is 1. The van der Waals surface area contributed by atoms with Crippen LogP contribution in [0.3, 0.4) is 0 Å². The van der Waals surface area contributed by atoms with Gasteiger partial charge in [0.25, 0.3) is 0 Å². The fourth-order valence-corrected chi connectivity index (χ4v) is 4.07. The van der Waals surface area contributed by atoms with E-state index in [0.717, 1.165) is 9.87 Å². The number of halogens is 2. The van der Waals surface area contributed by atoms with Crippen molar-refractivity contribution in [1.29, 1.82) is 0 Å². The second-order valence-electron chi connectivity index (χ2n) is 5.46. The molecule has 25 heavy (non-hydrogen) atoms. The molecule has 2 aromatic rings. The molecule has 0 aromatic heterocycles. The Kier molecular flexibility index (Phi) is 6.46. The van der Waals surface area contributed by atoms with Crippen LogP contribution in [0.2, 0.25) is 10.0 Å². The lowest BCUT2D eigenvalue weighted by Crippen LogP contribution is -2.39. The van der Waals surface area contributed by atoms with Gasteiger partial charge in [-0.1, -0.05) is 47.0 Å². The van der Waals surface area contributed by atoms with Gasteiger partial charge in [0.2, 0.25) is 15.9 Å². The van der Waals surface area contributed by atoms with E-state index in [4.69, 9.17) is 23.2 Å². The van der Waals surface area contributed by atoms with Crippen LogP contribution < -0.4 is 5.32 Å². The Bertz CT molecular complexity index is 848. The minimum Gasteiger partial charge on any atom is -0.358 e. The molecule has 0 fully saturated rings. The maximum atomic E-state index is 13.0. The third-order valence-corrected chi connectivity index (χ3v) is 6.17. The van der Waals surface area contributed by atoms with E-state index in [0.29, 0.717) is 15.6 Å². The predicted octanol–water partition coefficient (Wildman–Crippen LogP) is 3.24. The molecule has 1 N–H and O–H groups in total. The largest absolute Gasteiger partial charge is 0.358 e. The molecule has 0 saturated heterocycles. The minimum atomic E-state index is -3.90. The molecule has 0 heterocycles. The number of aryl methyl sites for hydroxylation is 1. The van der Waals surface area contributed by atoms with Crippen molar-refractivity contribution in [3.8, 4) is 0 Å². The van der Waals surface area contributed by atoms with Gasteiger partial charge < -0.3 is 5.32 Å². The molecular weight excluding hydrogens is 383 g/mol. The number of benzene rings is 2. The number of hydrogen-bond acceptors (Lipinski definition) is 3. The molecule has 1 amide bonds. The molecule has 0 bridgehead atoms. The topological polar surface area (TPSA) is 66.5 Å². The van der Waals surface area contributed by atoms with Crippen LogP contribution in [0.25, 0.3) is 0 Å². The van der Waals surface area contributed by atoms with Crippen LogP contribution in [0.4, 0.5) is 0 Å². The highest BCUT2D eigenvalue weighted by Crippen LogP contribution is 2.28. The smallest absolute Gasteiger partial charge is 0.243 e. The lowest BCUT2D eigenvalue weighted by molar-refractivity contribution is -0.120. The van der Waals surface area contributed by atoms with E-state index in [1.807, 2.05) is 6.92 Å². The monoisotopic (exact) mass is 400 g/mol. The molecule has 2 aromatic carbocycles. The van der Waals surface area contributed by atoms with Crippen molar-refractivity contribution in [2.24, 2.45) is 0 Å². The Morgan fingerprint density at radius 3 is 2.16 bits per heavy atom. The fourth-order valence-electron chi connectivity index (χ4n) is 2.18. The summed E-state index contributed by atoms with van der Waals surface area (Å²) < 4.78 is 27.0. The van der Waals surface area contributed by atoms with E-state index >= 15 is 0 Å². The molecule has 0 atom stereocenters. The summed E-state index contributed by atoms with van der Waals surface area (Å²) in [5, 5.41) is 3.11. The average molecular weight is 401 g/mol. The van der Waals surface area contributed by atoms with Crippen LogP contribution in [0, 0.1) is 6.92 Å². The number of sulfonamides is 1. The van der Waals surface area contributed by atoms with Crippen molar-refractivity contribution < 1.29 is 13.2 Å². The van der Waals surface area contributed by atoms with Gasteiger partial charge in [0.05, 0.1) is 11.4 Å². The summed E-state index contributed by atoms with van der Waals surface area (Å²) in [4.78, 5) is 11.9. The Morgan fingerprint density at radius 2 is 1.64 bits per heavy atom. The van der Waals surface area contributed by atoms with E-state index in [9.17, 15) is 13.2 Å². The maximum Gasteiger partial charge on any atom is 0.243 e. The van der Waals surface area contributed by atoms with Gasteiger partial charge >= 0.3 is 0 Å². The molecule has 134 valence electrons. The lowest BCUT2D eigenvalue weighted by Gasteiger charge is -2.22. The van der Waals surface area contributed by atoms with Crippen molar-refractivity contribution in [2.75, 3.05) is 13.6 Å². The normalized spacial score (nSPS) is 11.6. The van der Waals surface area contributed by atoms with E-state index < -0.39 is 15.9 Å². The molecular formula is C17H18Cl2N2O3S. The highest BCUT2D eigenvalue weighted by atomic mass is 35.5. The third kappa shape index (κ3) is 4.73. The average Bonchev–Trinajstić information content (AvgIpc) is 2.57. The maximum absolute atomic E-state index is 13.0. The van der Waals surface area contributed by atoms with E-state index in [2.05, 4.69) is 5.32 Å². The second kappa shape index (κ2) is 8.19. The van der Waals surface area contributed by atoms with Crippen molar-refractivity contribution in [2.45, 2.75) is 18.4 Å². The SMILES string of the molecule is CNC(=O)CN(Cc1c(Cl)cccc1Cl)S(=O)(=O)c1ccc(C)cc1. The van der Waals surface area contributed by atoms with Crippen LogP contribution in [-0.4, -0.2) is 32.2 Å². The Hall–Kier alpha value is -1.60. The minimum absolute atomic E-state index is 0.102. The summed E-state index contributed by atoms with van der Waals surface area (Å²) in [6.45, 7) is 1.42. The van der Waals surface area contributed by atoms with Crippen LogP contribution >= 0.6 is 23.2 Å². The summed E-state index contributed by atoms with van der Waals surface area (Å²) in [6.07, 6.45) is 0. The number of nitrogens with zero attached hydrogens (tertiary/aromatic N) is 1. The van der Waals surface area contributed by atoms with Gasteiger partial charge in [-0.3, -0.25) is 4.79 Å². The molecule has 0 aliphatic heterocycles. The van der Waals surface area contributed by atoms with Crippen LogP contribution in [0.1, 0.15) is 11.1 Å². The number of nitrogens with one attached hydrogen (secondary N) is 1. The van der Waals surface area contributed by atoms with E-state index in [-0.39, 0.29) is 18.0 Å². The summed E-state index contributed by atoms with van der Waals surface area (Å²) in [7, 11) is -2.45. The molecule has 0 spiro atoms. The number of hydrogen-bond donors (Lipinski definition) is 1. The highest BCUT2D eigenvalue weighted by molar-refractivity contribution is 7.89. The number of rotatable bonds is 6. The number of carbonyl (C=O) groups excluding carboxylic acids is 1. The van der Waals surface area contributed by atoms with Gasteiger partial charge in [-0.15, -0.1) is 0 Å². The fraction of sp³-hybridized carbons (Fsp3) is 0.235. The molecule has 0 aliphatic carbocycles. The van der Waals surface area contributed by atoms with Crippen LogP contribution in [0.5, 0.6) is 0 Å². The molecule has 0 unspecified atom stereocenters. The van der Waals surface area contributed by atoms with Gasteiger partial charge in [0.15, 0.2) is 0 Å². The van der Waals surface area contributed by atoms with Gasteiger partial charge in [0.1, 0.15) is 0 Å².